The van der Waals surface area contributed by atoms with Crippen molar-refractivity contribution in [2.75, 3.05) is 23.9 Å². The van der Waals surface area contributed by atoms with Crippen LogP contribution in [0.15, 0.2) is 0 Å². The Morgan fingerprint density at radius 2 is 1.82 bits per heavy atom. The number of alkyl halides is 3. The molecule has 1 N–H and O–H groups in total. The topological polar surface area (TPSA) is 89.2 Å². The van der Waals surface area contributed by atoms with Gasteiger partial charge in [0.15, 0.2) is 5.65 Å². The zero-order chi connectivity index (χ0) is 16.7. The molecule has 0 bridgehead atoms. The van der Waals surface area contributed by atoms with Gasteiger partial charge < -0.3 is 5.32 Å². The van der Waals surface area contributed by atoms with Crippen LogP contribution < -0.4 is 5.32 Å². The van der Waals surface area contributed by atoms with Crippen LogP contribution >= 0.6 is 0 Å². The normalized spacial score (nSPS) is 12.8. The molecular weight excluding hydrogens is 323 g/mol. The molecule has 0 aliphatic heterocycles. The van der Waals surface area contributed by atoms with Gasteiger partial charge in [0.2, 0.25) is 0 Å². The highest BCUT2D eigenvalue weighted by Gasteiger charge is 2.38. The SMILES string of the molecule is Cc1c(NCCS(C)(=O)=O)nn2c(C(F)(F)F)nnc2c1C. The Morgan fingerprint density at radius 3 is 2.36 bits per heavy atom. The number of aromatic nitrogens is 4. The maximum Gasteiger partial charge on any atom is 0.453 e. The van der Waals surface area contributed by atoms with Gasteiger partial charge >= 0.3 is 6.18 Å². The van der Waals surface area contributed by atoms with Crippen LogP contribution in [-0.4, -0.2) is 46.8 Å². The van der Waals surface area contributed by atoms with Crippen LogP contribution in [0.2, 0.25) is 0 Å². The maximum absolute atomic E-state index is 12.9. The minimum atomic E-state index is -4.68. The van der Waals surface area contributed by atoms with Crippen molar-refractivity contribution >= 4 is 21.3 Å². The highest BCUT2D eigenvalue weighted by Crippen LogP contribution is 2.29. The molecule has 11 heteroatoms. The van der Waals surface area contributed by atoms with Crippen molar-refractivity contribution in [2.24, 2.45) is 0 Å². The fourth-order valence-corrected chi connectivity index (χ4v) is 2.30. The molecule has 0 spiro atoms. The summed E-state index contributed by atoms with van der Waals surface area (Å²) in [5.41, 5.74) is 1.08. The van der Waals surface area contributed by atoms with Crippen molar-refractivity contribution < 1.29 is 21.6 Å². The fourth-order valence-electron chi connectivity index (χ4n) is 1.83. The minimum absolute atomic E-state index is 0.0125. The van der Waals surface area contributed by atoms with E-state index in [1.165, 1.54) is 0 Å². The number of nitrogens with zero attached hydrogens (tertiary/aromatic N) is 4. The van der Waals surface area contributed by atoms with Gasteiger partial charge in [0.1, 0.15) is 15.7 Å². The highest BCUT2D eigenvalue weighted by molar-refractivity contribution is 7.90. The van der Waals surface area contributed by atoms with Crippen molar-refractivity contribution in [1.82, 2.24) is 19.8 Å². The van der Waals surface area contributed by atoms with Gasteiger partial charge in [0.25, 0.3) is 5.82 Å². The molecule has 2 rings (SSSR count). The summed E-state index contributed by atoms with van der Waals surface area (Å²) in [5.74, 6) is -1.21. The molecule has 0 radical (unpaired) electrons. The lowest BCUT2D eigenvalue weighted by molar-refractivity contribution is -0.146. The quantitative estimate of drug-likeness (QED) is 0.902. The summed E-state index contributed by atoms with van der Waals surface area (Å²) in [6.45, 7) is 3.30. The third kappa shape index (κ3) is 3.29. The van der Waals surface area contributed by atoms with Crippen LogP contribution in [0, 0.1) is 13.8 Å². The second kappa shape index (κ2) is 5.38. The zero-order valence-corrected chi connectivity index (χ0v) is 12.9. The van der Waals surface area contributed by atoms with E-state index < -0.39 is 21.8 Å². The van der Waals surface area contributed by atoms with Gasteiger partial charge in [-0.3, -0.25) is 0 Å². The van der Waals surface area contributed by atoms with E-state index >= 15 is 0 Å². The van der Waals surface area contributed by atoms with E-state index in [1.54, 1.807) is 13.8 Å². The van der Waals surface area contributed by atoms with E-state index in [4.69, 9.17) is 0 Å². The van der Waals surface area contributed by atoms with Crippen LogP contribution in [0.4, 0.5) is 19.0 Å². The van der Waals surface area contributed by atoms with E-state index in [-0.39, 0.29) is 23.8 Å². The van der Waals surface area contributed by atoms with Crippen molar-refractivity contribution in [3.63, 3.8) is 0 Å². The monoisotopic (exact) mass is 337 g/mol. The highest BCUT2D eigenvalue weighted by atomic mass is 32.2. The Bertz CT molecular complexity index is 813. The van der Waals surface area contributed by atoms with Crippen molar-refractivity contribution in [3.05, 3.63) is 17.0 Å². The maximum atomic E-state index is 12.9. The molecule has 0 amide bonds. The summed E-state index contributed by atoms with van der Waals surface area (Å²) >= 11 is 0. The molecule has 0 saturated carbocycles. The van der Waals surface area contributed by atoms with Crippen molar-refractivity contribution in [2.45, 2.75) is 20.0 Å². The first kappa shape index (κ1) is 16.5. The Hall–Kier alpha value is -1.91. The number of hydrogen-bond acceptors (Lipinski definition) is 6. The Labute approximate surface area is 124 Å². The molecule has 2 heterocycles. The predicted molar refractivity (Wildman–Crippen MR) is 73.5 cm³/mol. The lowest BCUT2D eigenvalue weighted by atomic mass is 10.2. The molecule has 122 valence electrons. The number of halogens is 3. The number of aryl methyl sites for hydroxylation is 1. The average Bonchev–Trinajstić information content (AvgIpc) is 2.77. The number of rotatable bonds is 4. The molecule has 0 unspecified atom stereocenters. The van der Waals surface area contributed by atoms with Gasteiger partial charge in [-0.2, -0.15) is 17.7 Å². The van der Waals surface area contributed by atoms with Crippen LogP contribution in [0.5, 0.6) is 0 Å². The lowest BCUT2D eigenvalue weighted by Crippen LogP contribution is -2.18. The second-order valence-corrected chi connectivity index (χ2v) is 7.17. The number of fused-ring (bicyclic) bond motifs is 1. The molecule has 0 fully saturated rings. The lowest BCUT2D eigenvalue weighted by Gasteiger charge is -2.12. The Morgan fingerprint density at radius 1 is 1.18 bits per heavy atom. The van der Waals surface area contributed by atoms with E-state index in [1.807, 2.05) is 0 Å². The van der Waals surface area contributed by atoms with Gasteiger partial charge in [-0.25, -0.2) is 8.42 Å². The predicted octanol–water partition coefficient (Wildman–Crippen LogP) is 1.22. The number of nitrogens with one attached hydrogen (secondary N) is 1. The van der Waals surface area contributed by atoms with Gasteiger partial charge in [-0.15, -0.1) is 15.3 Å². The van der Waals surface area contributed by atoms with E-state index in [9.17, 15) is 21.6 Å². The summed E-state index contributed by atoms with van der Waals surface area (Å²) < 4.78 is 61.4. The largest absolute Gasteiger partial charge is 0.453 e. The molecular formula is C11H14F3N5O2S. The van der Waals surface area contributed by atoms with Gasteiger partial charge in [0, 0.05) is 18.4 Å². The summed E-state index contributed by atoms with van der Waals surface area (Å²) in [7, 11) is -3.18. The van der Waals surface area contributed by atoms with Gasteiger partial charge in [-0.05, 0) is 19.4 Å². The minimum Gasteiger partial charge on any atom is -0.367 e. The van der Waals surface area contributed by atoms with Crippen LogP contribution in [0.3, 0.4) is 0 Å². The van der Waals surface area contributed by atoms with Crippen LogP contribution in [0.1, 0.15) is 17.0 Å². The Balaban J connectivity index is 2.45. The van der Waals surface area contributed by atoms with Crippen LogP contribution in [-0.2, 0) is 16.0 Å². The second-order valence-electron chi connectivity index (χ2n) is 4.91. The fraction of sp³-hybridized carbons (Fsp3) is 0.545. The summed E-state index contributed by atoms with van der Waals surface area (Å²) in [6.07, 6.45) is -3.61. The summed E-state index contributed by atoms with van der Waals surface area (Å²) in [6, 6.07) is 0. The van der Waals surface area contributed by atoms with Crippen LogP contribution in [0.25, 0.3) is 5.65 Å². The molecule has 0 aliphatic rings. The molecule has 0 atom stereocenters. The molecule has 7 nitrogen and oxygen atoms in total. The average molecular weight is 337 g/mol. The molecule has 0 saturated heterocycles. The number of hydrogen-bond donors (Lipinski definition) is 1. The first-order valence-corrected chi connectivity index (χ1v) is 8.28. The standard InChI is InChI=1S/C11H14F3N5O2S/c1-6-7(2)9-16-17-10(11(12,13)14)19(9)18-8(6)15-4-5-22(3,20)21/h4-5H2,1-3H3,(H,15,18). The first-order chi connectivity index (χ1) is 10.0. The van der Waals surface area contributed by atoms with Gasteiger partial charge in [-0.1, -0.05) is 0 Å². The molecule has 2 aromatic rings. The van der Waals surface area contributed by atoms with E-state index in [0.29, 0.717) is 15.6 Å². The molecule has 0 aliphatic carbocycles. The van der Waals surface area contributed by atoms with Gasteiger partial charge in [0.05, 0.1) is 5.75 Å². The summed E-state index contributed by atoms with van der Waals surface area (Å²) in [4.78, 5) is 0. The zero-order valence-electron chi connectivity index (χ0n) is 12.1. The van der Waals surface area contributed by atoms with E-state index in [0.717, 1.165) is 6.26 Å². The van der Waals surface area contributed by atoms with Crippen molar-refractivity contribution in [1.29, 1.82) is 0 Å². The van der Waals surface area contributed by atoms with Crippen molar-refractivity contribution in [3.8, 4) is 0 Å². The Kier molecular flexibility index (Phi) is 4.02. The third-order valence-electron chi connectivity index (χ3n) is 3.11. The molecule has 0 aromatic carbocycles. The smallest absolute Gasteiger partial charge is 0.367 e. The first-order valence-electron chi connectivity index (χ1n) is 6.22. The van der Waals surface area contributed by atoms with E-state index in [2.05, 4.69) is 20.6 Å². The number of anilines is 1. The molecule has 2 aromatic heterocycles. The molecule has 22 heavy (non-hydrogen) atoms. The number of sulfone groups is 1. The third-order valence-corrected chi connectivity index (χ3v) is 4.06. The summed E-state index contributed by atoms with van der Waals surface area (Å²) in [5, 5.41) is 13.2.